The molecule has 0 aromatic rings. The molecule has 0 spiro atoms. The lowest BCUT2D eigenvalue weighted by Crippen LogP contribution is -2.66. The van der Waals surface area contributed by atoms with Crippen molar-refractivity contribution < 1.29 is 89.4 Å². The van der Waals surface area contributed by atoms with Crippen LogP contribution in [0.25, 0.3) is 0 Å². The van der Waals surface area contributed by atoms with Gasteiger partial charge in [0.1, 0.15) is 73.2 Å². The van der Waals surface area contributed by atoms with E-state index in [1.165, 1.54) is 289 Å². The van der Waals surface area contributed by atoms with Gasteiger partial charge in [0.05, 0.1) is 38.6 Å². The molecule has 3 rings (SSSR count). The number of nitrogens with one attached hydrogen (secondary N) is 1. The van der Waals surface area contributed by atoms with Gasteiger partial charge in [0, 0.05) is 6.42 Å². The van der Waals surface area contributed by atoms with Gasteiger partial charge in [-0.2, -0.15) is 0 Å². The van der Waals surface area contributed by atoms with Gasteiger partial charge >= 0.3 is 0 Å². The number of aliphatic hydroxyl groups is 11. The van der Waals surface area contributed by atoms with Crippen molar-refractivity contribution in [2.24, 2.45) is 0 Å². The van der Waals surface area contributed by atoms with Crippen molar-refractivity contribution in [2.75, 3.05) is 26.4 Å². The topological polar surface area (TPSA) is 307 Å². The minimum absolute atomic E-state index is 0.233. The van der Waals surface area contributed by atoms with Crippen molar-refractivity contribution in [3.8, 4) is 0 Å². The van der Waals surface area contributed by atoms with Crippen LogP contribution in [0.4, 0.5) is 0 Å². The summed E-state index contributed by atoms with van der Waals surface area (Å²) in [6.45, 7) is 1.87. The van der Waals surface area contributed by atoms with Gasteiger partial charge in [0.2, 0.25) is 5.91 Å². The van der Waals surface area contributed by atoms with Crippen molar-refractivity contribution in [2.45, 2.75) is 471 Å². The molecule has 12 N–H and O–H groups in total. The highest BCUT2D eigenvalue weighted by Crippen LogP contribution is 2.33. The zero-order valence-electron chi connectivity index (χ0n) is 62.3. The highest BCUT2D eigenvalue weighted by molar-refractivity contribution is 5.76. The first-order valence-corrected chi connectivity index (χ1v) is 41.3. The number of ether oxygens (including phenoxy) is 6. The Balaban J connectivity index is 1.32. The van der Waals surface area contributed by atoms with Gasteiger partial charge in [0.25, 0.3) is 0 Å². The fraction of sp³-hybridized carbons (Fsp3) is 0.987. The van der Waals surface area contributed by atoms with E-state index in [0.717, 1.165) is 44.9 Å². The molecule has 3 heterocycles. The second kappa shape index (κ2) is 61.0. The van der Waals surface area contributed by atoms with Gasteiger partial charge in [-0.25, -0.2) is 0 Å². The molecule has 19 heteroatoms. The van der Waals surface area contributed by atoms with Gasteiger partial charge in [-0.3, -0.25) is 4.79 Å². The van der Waals surface area contributed by atoms with Crippen LogP contribution in [0.15, 0.2) is 0 Å². The predicted molar refractivity (Wildman–Crippen MR) is 388 cm³/mol. The van der Waals surface area contributed by atoms with E-state index in [9.17, 15) is 61.0 Å². The molecule has 0 aliphatic carbocycles. The summed E-state index contributed by atoms with van der Waals surface area (Å²) in [6, 6.07) is -0.883. The van der Waals surface area contributed by atoms with E-state index in [4.69, 9.17) is 28.4 Å². The Morgan fingerprint density at radius 1 is 0.327 bits per heavy atom. The maximum atomic E-state index is 13.5. The molecule has 582 valence electrons. The Morgan fingerprint density at radius 2 is 0.582 bits per heavy atom. The Bertz CT molecular complexity index is 1770. The third-order valence-electron chi connectivity index (χ3n) is 21.2. The number of hydrogen-bond donors (Lipinski definition) is 12. The zero-order valence-corrected chi connectivity index (χ0v) is 62.3. The van der Waals surface area contributed by atoms with E-state index >= 15 is 0 Å². The fourth-order valence-electron chi connectivity index (χ4n) is 14.6. The van der Waals surface area contributed by atoms with Crippen LogP contribution >= 0.6 is 0 Å². The van der Waals surface area contributed by atoms with E-state index in [1.807, 2.05) is 0 Å². The van der Waals surface area contributed by atoms with Crippen molar-refractivity contribution in [1.29, 1.82) is 0 Å². The first-order valence-electron chi connectivity index (χ1n) is 41.3. The molecule has 0 radical (unpaired) electrons. The third-order valence-corrected chi connectivity index (χ3v) is 21.2. The Hall–Kier alpha value is -1.21. The fourth-order valence-corrected chi connectivity index (χ4v) is 14.6. The van der Waals surface area contributed by atoms with Crippen molar-refractivity contribution in [3.05, 3.63) is 0 Å². The second-order valence-corrected chi connectivity index (χ2v) is 30.0. The average Bonchev–Trinajstić information content (AvgIpc) is 0.785. The predicted octanol–water partition coefficient (Wildman–Crippen LogP) is 13.8. The van der Waals surface area contributed by atoms with E-state index < -0.39 is 124 Å². The molecule has 19 nitrogen and oxygen atoms in total. The number of aliphatic hydroxyl groups excluding tert-OH is 11. The minimum Gasteiger partial charge on any atom is -0.394 e. The van der Waals surface area contributed by atoms with Crippen LogP contribution < -0.4 is 5.32 Å². The molecule has 0 saturated carbocycles. The van der Waals surface area contributed by atoms with Crippen molar-refractivity contribution >= 4 is 5.91 Å². The van der Waals surface area contributed by atoms with Crippen LogP contribution in [0.5, 0.6) is 0 Å². The number of carbonyl (C=O) groups excluding carboxylic acids is 1. The Labute approximate surface area is 595 Å². The van der Waals surface area contributed by atoms with Crippen LogP contribution in [0.2, 0.25) is 0 Å². The molecule has 0 bridgehead atoms. The smallest absolute Gasteiger partial charge is 0.220 e. The maximum absolute atomic E-state index is 13.5. The lowest BCUT2D eigenvalue weighted by molar-refractivity contribution is -0.379. The lowest BCUT2D eigenvalue weighted by atomic mass is 9.96. The highest BCUT2D eigenvalue weighted by Gasteiger charge is 2.54. The molecule has 98 heavy (non-hydrogen) atoms. The normalized spacial score (nSPS) is 26.6. The largest absolute Gasteiger partial charge is 0.394 e. The van der Waals surface area contributed by atoms with Crippen LogP contribution in [-0.4, -0.2) is 193 Å². The summed E-state index contributed by atoms with van der Waals surface area (Å²) in [5, 5.41) is 121. The van der Waals surface area contributed by atoms with Crippen molar-refractivity contribution in [3.63, 3.8) is 0 Å². The van der Waals surface area contributed by atoms with Gasteiger partial charge < -0.3 is 89.9 Å². The molecule has 3 aliphatic heterocycles. The van der Waals surface area contributed by atoms with Crippen LogP contribution in [0.1, 0.15) is 367 Å². The summed E-state index contributed by atoms with van der Waals surface area (Å²) in [5.41, 5.74) is 0. The number of carbonyl (C=O) groups is 1. The van der Waals surface area contributed by atoms with Crippen LogP contribution in [0, 0.1) is 0 Å². The second-order valence-electron chi connectivity index (χ2n) is 30.0. The van der Waals surface area contributed by atoms with E-state index in [1.54, 1.807) is 0 Å². The van der Waals surface area contributed by atoms with Gasteiger partial charge in [-0.1, -0.05) is 348 Å². The zero-order chi connectivity index (χ0) is 71.1. The minimum atomic E-state index is -1.97. The number of rotatable bonds is 67. The number of hydrogen-bond acceptors (Lipinski definition) is 18. The molecular formula is C79H153NO18. The molecule has 0 aromatic heterocycles. The van der Waals surface area contributed by atoms with E-state index in [0.29, 0.717) is 12.8 Å². The maximum Gasteiger partial charge on any atom is 0.220 e. The monoisotopic (exact) mass is 1400 g/mol. The summed E-state index contributed by atoms with van der Waals surface area (Å²) < 4.78 is 34.5. The van der Waals surface area contributed by atoms with E-state index in [2.05, 4.69) is 19.2 Å². The SMILES string of the molecule is CCCCCCCCCCCCCCCCCCCCCCCCCCCCCCCCCCCCC(=O)NC(COC1OC(CO)C(OC2OC(CO)C(OC3OC(CO)C(O)C(O)C3O)C(O)C2O)C(O)C1O)C(O)CCCCCCCCCCCCCCCCCCCCC. The highest BCUT2D eigenvalue weighted by atomic mass is 16.8. The first kappa shape index (κ1) is 91.0. The molecular weight excluding hydrogens is 1250 g/mol. The molecule has 1 amide bonds. The van der Waals surface area contributed by atoms with E-state index in [-0.39, 0.29) is 18.9 Å². The lowest BCUT2D eigenvalue weighted by Gasteiger charge is -2.48. The number of amides is 1. The molecule has 0 aromatic carbocycles. The van der Waals surface area contributed by atoms with Gasteiger partial charge in [-0.15, -0.1) is 0 Å². The molecule has 3 fully saturated rings. The Morgan fingerprint density at radius 3 is 0.888 bits per heavy atom. The molecule has 17 unspecified atom stereocenters. The summed E-state index contributed by atoms with van der Waals surface area (Å²) in [7, 11) is 0. The van der Waals surface area contributed by atoms with Crippen LogP contribution in [0.3, 0.4) is 0 Å². The van der Waals surface area contributed by atoms with Gasteiger partial charge in [-0.05, 0) is 12.8 Å². The summed E-state index contributed by atoms with van der Waals surface area (Å²) in [6.07, 6.45) is 43.5. The quantitative estimate of drug-likeness (QED) is 0.0252. The third kappa shape index (κ3) is 40.9. The average molecular weight is 1410 g/mol. The molecule has 3 saturated heterocycles. The molecule has 3 aliphatic rings. The summed E-state index contributed by atoms with van der Waals surface area (Å²) >= 11 is 0. The summed E-state index contributed by atoms with van der Waals surface area (Å²) in [5.74, 6) is -0.233. The standard InChI is InChI=1S/C79H153NO18/c1-3-5-7-9-11-13-15-17-19-21-23-24-25-26-27-28-29-30-31-32-33-34-35-36-37-39-41-43-45-47-49-51-53-55-57-67(85)80-62(63(84)56-54-52-50-48-46-44-42-40-38-22-20-18-16-14-12-10-8-6-4-2)61-93-77-73(91)70(88)75(65(59-82)95-77)98-79-74(92)71(89)76(66(60-83)96-79)97-78-72(90)69(87)68(86)64(58-81)94-78/h62-66,68-79,81-84,86-92H,3-61H2,1-2H3,(H,80,85). The first-order chi connectivity index (χ1) is 47.8. The number of unbranched alkanes of at least 4 members (excludes halogenated alkanes) is 51. The van der Waals surface area contributed by atoms with Crippen molar-refractivity contribution in [1.82, 2.24) is 5.32 Å². The summed E-state index contributed by atoms with van der Waals surface area (Å²) in [4.78, 5) is 13.5. The van der Waals surface area contributed by atoms with Crippen LogP contribution in [-0.2, 0) is 33.2 Å². The van der Waals surface area contributed by atoms with Gasteiger partial charge in [0.15, 0.2) is 18.9 Å². The Kier molecular flexibility index (Phi) is 56.6. The molecule has 17 atom stereocenters.